The number of carbonyl (C=O) groups is 1. The fourth-order valence-corrected chi connectivity index (χ4v) is 4.72. The van der Waals surface area contributed by atoms with Crippen LogP contribution in [-0.2, 0) is 6.54 Å². The summed E-state index contributed by atoms with van der Waals surface area (Å²) in [7, 11) is 3.17. The molecule has 2 aromatic heterocycles. The molecule has 0 radical (unpaired) electrons. The molecule has 0 aliphatic carbocycles. The van der Waals surface area contributed by atoms with Crippen molar-refractivity contribution in [1.82, 2.24) is 9.97 Å². The van der Waals surface area contributed by atoms with Crippen LogP contribution in [0, 0.1) is 0 Å². The summed E-state index contributed by atoms with van der Waals surface area (Å²) >= 11 is 13.6. The number of aromatic nitrogens is 2. The maximum Gasteiger partial charge on any atom is 0.260 e. The van der Waals surface area contributed by atoms with Crippen LogP contribution in [0.2, 0.25) is 10.0 Å². The highest BCUT2D eigenvalue weighted by molar-refractivity contribution is 7.22. The lowest BCUT2D eigenvalue weighted by atomic mass is 10.2. The van der Waals surface area contributed by atoms with Gasteiger partial charge in [-0.2, -0.15) is 0 Å². The minimum Gasteiger partial charge on any atom is -0.495 e. The van der Waals surface area contributed by atoms with E-state index in [1.54, 1.807) is 55.8 Å². The van der Waals surface area contributed by atoms with E-state index in [9.17, 15) is 4.79 Å². The summed E-state index contributed by atoms with van der Waals surface area (Å²) < 4.78 is 11.7. The van der Waals surface area contributed by atoms with Crippen molar-refractivity contribution >= 4 is 55.8 Å². The van der Waals surface area contributed by atoms with Gasteiger partial charge in [0.1, 0.15) is 21.7 Å². The summed E-state index contributed by atoms with van der Waals surface area (Å²) in [5, 5.41) is 1.25. The number of ether oxygens (including phenoxy) is 2. The van der Waals surface area contributed by atoms with Crippen molar-refractivity contribution in [3.63, 3.8) is 0 Å². The minimum atomic E-state index is -0.287. The molecule has 0 atom stereocenters. The first-order chi connectivity index (χ1) is 15.0. The summed E-state index contributed by atoms with van der Waals surface area (Å²) in [6.45, 7) is 0.265. The second-order valence-corrected chi connectivity index (χ2v) is 8.41. The van der Waals surface area contributed by atoms with E-state index in [-0.39, 0.29) is 12.5 Å². The molecule has 0 saturated carbocycles. The van der Waals surface area contributed by atoms with Crippen molar-refractivity contribution in [2.24, 2.45) is 0 Å². The highest BCUT2D eigenvalue weighted by Crippen LogP contribution is 2.40. The van der Waals surface area contributed by atoms with Crippen LogP contribution in [0.15, 0.2) is 54.9 Å². The molecule has 0 spiro atoms. The van der Waals surface area contributed by atoms with Gasteiger partial charge in [-0.3, -0.25) is 14.7 Å². The van der Waals surface area contributed by atoms with Crippen molar-refractivity contribution in [1.29, 1.82) is 0 Å². The predicted molar refractivity (Wildman–Crippen MR) is 124 cm³/mol. The first-order valence-electron chi connectivity index (χ1n) is 9.18. The highest BCUT2D eigenvalue weighted by Gasteiger charge is 2.24. The Morgan fingerprint density at radius 3 is 2.42 bits per heavy atom. The van der Waals surface area contributed by atoms with E-state index >= 15 is 0 Å². The van der Waals surface area contributed by atoms with Crippen molar-refractivity contribution < 1.29 is 14.3 Å². The number of hydrogen-bond donors (Lipinski definition) is 0. The number of halogens is 2. The fourth-order valence-electron chi connectivity index (χ4n) is 3.12. The average molecular weight is 474 g/mol. The molecule has 0 aliphatic rings. The van der Waals surface area contributed by atoms with Crippen molar-refractivity contribution in [3.8, 4) is 11.5 Å². The molecule has 31 heavy (non-hydrogen) atoms. The lowest BCUT2D eigenvalue weighted by Gasteiger charge is -2.20. The third kappa shape index (κ3) is 4.44. The quantitative estimate of drug-likeness (QED) is 0.350. The third-order valence-corrected chi connectivity index (χ3v) is 6.08. The van der Waals surface area contributed by atoms with Gasteiger partial charge in [-0.25, -0.2) is 4.98 Å². The van der Waals surface area contributed by atoms with Gasteiger partial charge < -0.3 is 9.47 Å². The lowest BCUT2D eigenvalue weighted by Crippen LogP contribution is -2.30. The number of hydrogen-bond acceptors (Lipinski definition) is 6. The van der Waals surface area contributed by atoms with Crippen LogP contribution >= 0.6 is 34.5 Å². The van der Waals surface area contributed by atoms with Crippen molar-refractivity contribution in [2.45, 2.75) is 6.54 Å². The Kier molecular flexibility index (Phi) is 6.27. The summed E-state index contributed by atoms with van der Waals surface area (Å²) in [6, 6.07) is 12.1. The summed E-state index contributed by atoms with van der Waals surface area (Å²) in [5.74, 6) is 0.960. The van der Waals surface area contributed by atoms with E-state index in [2.05, 4.69) is 4.98 Å². The summed E-state index contributed by atoms with van der Waals surface area (Å²) in [5.41, 5.74) is 1.83. The molecule has 0 fully saturated rings. The van der Waals surface area contributed by atoms with Gasteiger partial charge in [0.05, 0.1) is 20.8 Å². The minimum absolute atomic E-state index is 0.265. The van der Waals surface area contributed by atoms with E-state index < -0.39 is 0 Å². The molecule has 0 saturated heterocycles. The van der Waals surface area contributed by atoms with Gasteiger partial charge >= 0.3 is 0 Å². The molecular formula is C22H17Cl2N3O3S. The second kappa shape index (κ2) is 9.09. The van der Waals surface area contributed by atoms with E-state index in [0.717, 1.165) is 10.3 Å². The molecule has 9 heteroatoms. The first kappa shape index (κ1) is 21.4. The van der Waals surface area contributed by atoms with E-state index in [4.69, 9.17) is 37.7 Å². The van der Waals surface area contributed by atoms with Crippen LogP contribution in [0.1, 0.15) is 15.9 Å². The van der Waals surface area contributed by atoms with Gasteiger partial charge in [-0.15, -0.1) is 0 Å². The Labute approximate surface area is 193 Å². The zero-order valence-corrected chi connectivity index (χ0v) is 19.0. The molecule has 0 aliphatic heterocycles. The average Bonchev–Trinajstić information content (AvgIpc) is 3.21. The normalized spacial score (nSPS) is 10.8. The van der Waals surface area contributed by atoms with E-state index in [0.29, 0.717) is 37.8 Å². The molecule has 158 valence electrons. The van der Waals surface area contributed by atoms with Crippen LogP contribution in [0.3, 0.4) is 0 Å². The maximum atomic E-state index is 13.5. The van der Waals surface area contributed by atoms with Gasteiger partial charge in [-0.05, 0) is 42.0 Å². The predicted octanol–water partition coefficient (Wildman–Crippen LogP) is 5.86. The zero-order chi connectivity index (χ0) is 22.0. The Balaban J connectivity index is 1.85. The number of pyridine rings is 1. The van der Waals surface area contributed by atoms with E-state index in [1.165, 1.54) is 11.3 Å². The first-order valence-corrected chi connectivity index (χ1v) is 10.8. The van der Waals surface area contributed by atoms with Crippen LogP contribution in [0.5, 0.6) is 11.5 Å². The van der Waals surface area contributed by atoms with Gasteiger partial charge in [0.25, 0.3) is 5.91 Å². The van der Waals surface area contributed by atoms with Crippen LogP contribution in [-0.4, -0.2) is 30.1 Å². The van der Waals surface area contributed by atoms with Crippen molar-refractivity contribution in [3.05, 3.63) is 76.0 Å². The van der Waals surface area contributed by atoms with Gasteiger partial charge in [-0.1, -0.05) is 40.6 Å². The van der Waals surface area contributed by atoms with E-state index in [1.807, 2.05) is 18.2 Å². The molecule has 6 nitrogen and oxygen atoms in total. The fraction of sp³-hybridized carbons (Fsp3) is 0.136. The Morgan fingerprint density at radius 1 is 1.06 bits per heavy atom. The number of benzene rings is 2. The number of fused-ring (bicyclic) bond motifs is 1. The number of nitrogens with zero attached hydrogens (tertiary/aromatic N) is 3. The second-order valence-electron chi connectivity index (χ2n) is 6.55. The zero-order valence-electron chi connectivity index (χ0n) is 16.6. The number of amides is 1. The largest absolute Gasteiger partial charge is 0.495 e. The monoisotopic (exact) mass is 473 g/mol. The Hall–Kier alpha value is -2.87. The number of anilines is 1. The smallest absolute Gasteiger partial charge is 0.260 e. The molecule has 2 aromatic carbocycles. The van der Waals surface area contributed by atoms with Gasteiger partial charge in [0.15, 0.2) is 5.13 Å². The number of carbonyl (C=O) groups excluding carboxylic acids is 1. The Bertz CT molecular complexity index is 1190. The molecule has 4 rings (SSSR count). The van der Waals surface area contributed by atoms with Gasteiger partial charge in [0.2, 0.25) is 0 Å². The summed E-state index contributed by atoms with van der Waals surface area (Å²) in [4.78, 5) is 24.0. The lowest BCUT2D eigenvalue weighted by molar-refractivity contribution is 0.0985. The molecular weight excluding hydrogens is 457 g/mol. The molecule has 4 aromatic rings. The highest BCUT2D eigenvalue weighted by atomic mass is 35.5. The molecule has 1 amide bonds. The van der Waals surface area contributed by atoms with Gasteiger partial charge in [0, 0.05) is 28.0 Å². The SMILES string of the molecule is COc1ccc(OC)c2sc(N(Cc3cccnc3)C(=O)c3cc(Cl)cc(Cl)c3)nc12. The molecule has 0 bridgehead atoms. The number of methoxy groups -OCH3 is 2. The van der Waals surface area contributed by atoms with Crippen LogP contribution in [0.4, 0.5) is 5.13 Å². The number of rotatable bonds is 6. The topological polar surface area (TPSA) is 64.6 Å². The standard InChI is InChI=1S/C22H17Cl2N3O3S/c1-29-17-5-6-18(30-2)20-19(17)26-22(31-20)27(12-13-4-3-7-25-11-13)21(28)14-8-15(23)10-16(24)9-14/h3-11H,12H2,1-2H3. The summed E-state index contributed by atoms with van der Waals surface area (Å²) in [6.07, 6.45) is 3.39. The molecule has 0 unspecified atom stereocenters. The molecule has 2 heterocycles. The van der Waals surface area contributed by atoms with Crippen molar-refractivity contribution in [2.75, 3.05) is 19.1 Å². The molecule has 0 N–H and O–H groups in total. The maximum absolute atomic E-state index is 13.5. The number of thiazole rings is 1. The Morgan fingerprint density at radius 2 is 1.77 bits per heavy atom. The third-order valence-electron chi connectivity index (χ3n) is 4.55. The van der Waals surface area contributed by atoms with Crippen LogP contribution in [0.25, 0.3) is 10.2 Å². The van der Waals surface area contributed by atoms with Crippen LogP contribution < -0.4 is 14.4 Å².